The maximum Gasteiger partial charge on any atom is 0.378 e. The molecule has 1 aromatic carbocycles. The summed E-state index contributed by atoms with van der Waals surface area (Å²) in [5.74, 6) is 1.000. The molecule has 0 atom stereocenters. The predicted molar refractivity (Wildman–Crippen MR) is 106 cm³/mol. The molecule has 6 heteroatoms. The van der Waals surface area contributed by atoms with Crippen LogP contribution in [-0.4, -0.2) is 24.7 Å². The van der Waals surface area contributed by atoms with Crippen molar-refractivity contribution >= 4 is 17.3 Å². The molecule has 1 aromatic heterocycles. The molecule has 0 aliphatic heterocycles. The Hall–Kier alpha value is -2.21. The molecule has 2 aromatic rings. The molecule has 0 saturated heterocycles. The number of aryl methyl sites for hydroxylation is 3. The number of rotatable bonds is 11. The summed E-state index contributed by atoms with van der Waals surface area (Å²) in [7, 11) is 6.04. The smallest absolute Gasteiger partial charge is 0.378 e. The van der Waals surface area contributed by atoms with Gasteiger partial charge in [-0.25, -0.2) is 9.13 Å². The highest BCUT2D eigenvalue weighted by Gasteiger charge is 2.10. The fraction of sp³-hybridized carbons (Fsp3) is 0.526. The second kappa shape index (κ2) is 9.93. The first-order valence-electron chi connectivity index (χ1n) is 9.14. The van der Waals surface area contributed by atoms with Crippen LogP contribution in [0, 0.1) is 6.92 Å². The van der Waals surface area contributed by atoms with Gasteiger partial charge in [0.15, 0.2) is 0 Å². The van der Waals surface area contributed by atoms with Gasteiger partial charge in [-0.15, -0.1) is 0 Å². The first kappa shape index (κ1) is 19.1. The molecule has 0 fully saturated rings. The van der Waals surface area contributed by atoms with E-state index in [1.807, 2.05) is 42.7 Å². The Labute approximate surface area is 151 Å². The second-order valence-corrected chi connectivity index (χ2v) is 6.57. The van der Waals surface area contributed by atoms with E-state index < -0.39 is 0 Å². The molecule has 1 heterocycles. The Morgan fingerprint density at radius 2 is 1.80 bits per heavy atom. The summed E-state index contributed by atoms with van der Waals surface area (Å²) in [4.78, 5) is 0. The van der Waals surface area contributed by atoms with E-state index in [-0.39, 0.29) is 0 Å². The molecule has 0 unspecified atom stereocenters. The lowest BCUT2D eigenvalue weighted by atomic mass is 10.1. The van der Waals surface area contributed by atoms with Gasteiger partial charge in [-0.05, 0) is 57.1 Å². The standard InChI is InChI=1S/C19H32N6/c1-16-15-17(21-12-8-6-5-7-11-20-2)9-10-18(16)22-23-19-24(3)13-14-25(19)4/h9-10,13-15,20-22H,5-8,11-12H2,1-4H3/p+1. The van der Waals surface area contributed by atoms with E-state index in [1.54, 1.807) is 0 Å². The number of hydrogen-bond donors (Lipinski definition) is 4. The van der Waals surface area contributed by atoms with Crippen molar-refractivity contribution in [1.82, 2.24) is 9.88 Å². The summed E-state index contributed by atoms with van der Waals surface area (Å²) in [6, 6.07) is 6.43. The molecule has 0 saturated carbocycles. The molecule has 0 spiro atoms. The Morgan fingerprint density at radius 1 is 1.04 bits per heavy atom. The number of nitrogens with one attached hydrogen (secondary N) is 4. The van der Waals surface area contributed by atoms with E-state index in [2.05, 4.69) is 46.6 Å². The molecule has 0 aliphatic carbocycles. The summed E-state index contributed by atoms with van der Waals surface area (Å²) in [6.07, 6.45) is 9.10. The van der Waals surface area contributed by atoms with Crippen molar-refractivity contribution in [2.45, 2.75) is 32.6 Å². The highest BCUT2D eigenvalue weighted by molar-refractivity contribution is 5.60. The Kier molecular flexibility index (Phi) is 7.60. The number of benzene rings is 1. The van der Waals surface area contributed by atoms with Crippen molar-refractivity contribution in [2.24, 2.45) is 14.1 Å². The van der Waals surface area contributed by atoms with Crippen molar-refractivity contribution in [2.75, 3.05) is 36.3 Å². The maximum absolute atomic E-state index is 3.52. The topological polar surface area (TPSA) is 56.9 Å². The monoisotopic (exact) mass is 345 g/mol. The maximum atomic E-state index is 3.52. The Balaban J connectivity index is 1.76. The zero-order chi connectivity index (χ0) is 18.1. The van der Waals surface area contributed by atoms with Gasteiger partial charge < -0.3 is 10.6 Å². The second-order valence-electron chi connectivity index (χ2n) is 6.57. The fourth-order valence-electron chi connectivity index (χ4n) is 2.82. The quantitative estimate of drug-likeness (QED) is 0.287. The first-order chi connectivity index (χ1) is 12.1. The van der Waals surface area contributed by atoms with Crippen LogP contribution in [0.15, 0.2) is 30.6 Å². The lowest BCUT2D eigenvalue weighted by molar-refractivity contribution is -0.656. The number of nitrogens with zero attached hydrogens (tertiary/aromatic N) is 2. The lowest BCUT2D eigenvalue weighted by Crippen LogP contribution is -2.32. The van der Waals surface area contributed by atoms with E-state index in [9.17, 15) is 0 Å². The molecule has 6 nitrogen and oxygen atoms in total. The fourth-order valence-corrected chi connectivity index (χ4v) is 2.82. The minimum Gasteiger partial charge on any atom is -0.385 e. The van der Waals surface area contributed by atoms with Crippen LogP contribution in [0.4, 0.5) is 17.3 Å². The predicted octanol–water partition coefficient (Wildman–Crippen LogP) is 2.79. The molecule has 4 N–H and O–H groups in total. The largest absolute Gasteiger partial charge is 0.385 e. The number of hydrazine groups is 1. The molecule has 0 aliphatic rings. The Bertz CT molecular complexity index is 630. The van der Waals surface area contributed by atoms with Gasteiger partial charge in [-0.3, -0.25) is 5.43 Å². The first-order valence-corrected chi connectivity index (χ1v) is 9.14. The molecule has 0 amide bonds. The molecule has 2 rings (SSSR count). The van der Waals surface area contributed by atoms with Crippen LogP contribution in [0.3, 0.4) is 0 Å². The van der Waals surface area contributed by atoms with Gasteiger partial charge in [0.05, 0.1) is 32.2 Å². The van der Waals surface area contributed by atoms with Crippen LogP contribution < -0.4 is 26.1 Å². The van der Waals surface area contributed by atoms with Crippen LogP contribution in [0.5, 0.6) is 0 Å². The van der Waals surface area contributed by atoms with Gasteiger partial charge in [-0.1, -0.05) is 12.8 Å². The number of imidazole rings is 1. The average Bonchev–Trinajstić information content (AvgIpc) is 2.92. The zero-order valence-electron chi connectivity index (χ0n) is 16.0. The summed E-state index contributed by atoms with van der Waals surface area (Å²) in [5, 5.41) is 6.71. The third kappa shape index (κ3) is 5.98. The van der Waals surface area contributed by atoms with E-state index in [0.29, 0.717) is 0 Å². The van der Waals surface area contributed by atoms with Crippen molar-refractivity contribution in [3.05, 3.63) is 36.2 Å². The summed E-state index contributed by atoms with van der Waals surface area (Å²) < 4.78 is 4.07. The summed E-state index contributed by atoms with van der Waals surface area (Å²) >= 11 is 0. The molecular formula is C19H33N6+. The van der Waals surface area contributed by atoms with Gasteiger partial charge in [0.1, 0.15) is 0 Å². The normalized spacial score (nSPS) is 10.7. The number of hydrogen-bond acceptors (Lipinski definition) is 4. The van der Waals surface area contributed by atoms with E-state index in [1.165, 1.54) is 36.9 Å². The van der Waals surface area contributed by atoms with E-state index in [4.69, 9.17) is 0 Å². The van der Waals surface area contributed by atoms with Gasteiger partial charge in [0, 0.05) is 12.2 Å². The molecule has 138 valence electrons. The summed E-state index contributed by atoms with van der Waals surface area (Å²) in [6.45, 7) is 4.27. The Morgan fingerprint density at radius 3 is 2.44 bits per heavy atom. The SMILES string of the molecule is CNCCCCCCNc1ccc(NNc2n(C)cc[n+]2C)c(C)c1. The molecule has 0 bridgehead atoms. The van der Waals surface area contributed by atoms with Crippen LogP contribution in [-0.2, 0) is 14.1 Å². The van der Waals surface area contributed by atoms with E-state index >= 15 is 0 Å². The van der Waals surface area contributed by atoms with E-state index in [0.717, 1.165) is 24.7 Å². The number of aromatic nitrogens is 2. The number of unbranched alkanes of at least 4 members (excludes halogenated alkanes) is 3. The molecular weight excluding hydrogens is 312 g/mol. The van der Waals surface area contributed by atoms with Gasteiger partial charge >= 0.3 is 5.95 Å². The molecule has 25 heavy (non-hydrogen) atoms. The lowest BCUT2D eigenvalue weighted by Gasteiger charge is -2.11. The van der Waals surface area contributed by atoms with Gasteiger partial charge in [0.2, 0.25) is 0 Å². The average molecular weight is 346 g/mol. The van der Waals surface area contributed by atoms with Crippen LogP contribution in [0.25, 0.3) is 0 Å². The number of anilines is 3. The highest BCUT2D eigenvalue weighted by Crippen LogP contribution is 2.20. The van der Waals surface area contributed by atoms with Gasteiger partial charge in [-0.2, -0.15) is 5.43 Å². The summed E-state index contributed by atoms with van der Waals surface area (Å²) in [5.41, 5.74) is 10.0. The molecule has 0 radical (unpaired) electrons. The van der Waals surface area contributed by atoms with Crippen LogP contribution in [0.2, 0.25) is 0 Å². The van der Waals surface area contributed by atoms with Crippen molar-refractivity contribution in [3.63, 3.8) is 0 Å². The zero-order valence-corrected chi connectivity index (χ0v) is 16.0. The van der Waals surface area contributed by atoms with Crippen LogP contribution >= 0.6 is 0 Å². The van der Waals surface area contributed by atoms with Crippen molar-refractivity contribution in [3.8, 4) is 0 Å². The third-order valence-electron chi connectivity index (χ3n) is 4.40. The van der Waals surface area contributed by atoms with Gasteiger partial charge in [0.25, 0.3) is 0 Å². The van der Waals surface area contributed by atoms with Crippen molar-refractivity contribution in [1.29, 1.82) is 0 Å². The highest BCUT2D eigenvalue weighted by atomic mass is 15.4. The van der Waals surface area contributed by atoms with Crippen LogP contribution in [0.1, 0.15) is 31.2 Å². The minimum absolute atomic E-state index is 1.000. The van der Waals surface area contributed by atoms with Crippen molar-refractivity contribution < 1.29 is 4.57 Å². The third-order valence-corrected chi connectivity index (χ3v) is 4.40. The minimum atomic E-state index is 1.000.